The molecule has 0 aromatic heterocycles. The van der Waals surface area contributed by atoms with Gasteiger partial charge in [0.2, 0.25) is 0 Å². The molecule has 10 heteroatoms. The van der Waals surface area contributed by atoms with Gasteiger partial charge in [-0.1, -0.05) is 22.0 Å². The molecule has 0 amide bonds. The second kappa shape index (κ2) is 17.5. The lowest BCUT2D eigenvalue weighted by atomic mass is 9.98. The summed E-state index contributed by atoms with van der Waals surface area (Å²) in [6, 6.07) is 0. The fraction of sp³-hybridized carbons (Fsp3) is 0.920. The van der Waals surface area contributed by atoms with Gasteiger partial charge in [0, 0.05) is 13.8 Å². The van der Waals surface area contributed by atoms with Gasteiger partial charge in [-0.3, -0.25) is 0 Å². The highest BCUT2D eigenvalue weighted by Gasteiger charge is 2.29. The monoisotopic (exact) mass is 534 g/mol. The average Bonchev–Trinajstić information content (AvgIpc) is 2.86. The number of esters is 2. The molecule has 0 aromatic carbocycles. The molecule has 0 radical (unpaired) electrons. The molecule has 8 nitrogen and oxygen atoms in total. The molecule has 4 unspecified atom stereocenters. The van der Waals surface area contributed by atoms with Crippen molar-refractivity contribution in [2.24, 2.45) is 0 Å². The van der Waals surface area contributed by atoms with Crippen LogP contribution in [0.15, 0.2) is 0 Å². The van der Waals surface area contributed by atoms with Crippen LogP contribution < -0.4 is 0 Å². The molecule has 0 bridgehead atoms. The Morgan fingerprint density at radius 3 is 1.40 bits per heavy atom. The van der Waals surface area contributed by atoms with E-state index in [1.54, 1.807) is 13.8 Å². The van der Waals surface area contributed by atoms with Crippen LogP contribution in [0.1, 0.15) is 97.3 Å². The van der Waals surface area contributed by atoms with E-state index in [1.165, 1.54) is 12.8 Å². The Bertz CT molecular complexity index is 618. The zero-order valence-corrected chi connectivity index (χ0v) is 23.3. The fourth-order valence-corrected chi connectivity index (χ4v) is 6.70. The first kappa shape index (κ1) is 30.3. The summed E-state index contributed by atoms with van der Waals surface area (Å²) >= 11 is 0. The van der Waals surface area contributed by atoms with E-state index in [4.69, 9.17) is 18.9 Å². The maximum atomic E-state index is 12.4. The highest BCUT2D eigenvalue weighted by atomic mass is 31.1. The van der Waals surface area contributed by atoms with E-state index in [1.807, 2.05) is 0 Å². The second-order valence-electron chi connectivity index (χ2n) is 9.66. The van der Waals surface area contributed by atoms with Crippen LogP contribution in [-0.2, 0) is 37.7 Å². The van der Waals surface area contributed by atoms with Crippen molar-refractivity contribution in [3.05, 3.63) is 0 Å². The van der Waals surface area contributed by atoms with Gasteiger partial charge in [-0.25, -0.2) is 9.59 Å². The molecule has 200 valence electrons. The van der Waals surface area contributed by atoms with Crippen molar-refractivity contribution in [3.8, 4) is 0 Å². The van der Waals surface area contributed by atoms with Gasteiger partial charge >= 0.3 is 27.5 Å². The minimum Gasteiger partial charge on any atom is -0.461 e. The van der Waals surface area contributed by atoms with Crippen molar-refractivity contribution in [3.63, 3.8) is 0 Å². The average molecular weight is 535 g/mol. The standard InChI is InChI=1S/C25H44O8P2/c1-20(30-18-24(26)32-22-12-6-3-7-13-22)34(28)16-10-5-11-17-35(29)21(2)31-19-25(27)33-23-14-8-4-9-15-23/h20-23H,3-19H2,1-2H3/q+2. The molecule has 2 aliphatic rings. The predicted molar refractivity (Wildman–Crippen MR) is 136 cm³/mol. The Kier molecular flexibility index (Phi) is 15.1. The van der Waals surface area contributed by atoms with Gasteiger partial charge in [0.1, 0.15) is 37.7 Å². The van der Waals surface area contributed by atoms with Crippen molar-refractivity contribution in [1.82, 2.24) is 0 Å². The summed E-state index contributed by atoms with van der Waals surface area (Å²) in [5.41, 5.74) is 0. The van der Waals surface area contributed by atoms with Crippen LogP contribution >= 0.6 is 15.6 Å². The third-order valence-corrected chi connectivity index (χ3v) is 10.1. The van der Waals surface area contributed by atoms with E-state index < -0.39 is 27.3 Å². The molecule has 35 heavy (non-hydrogen) atoms. The first-order valence-corrected chi connectivity index (χ1v) is 16.4. The van der Waals surface area contributed by atoms with Gasteiger partial charge in [-0.05, 0) is 70.6 Å². The Hall–Kier alpha value is -0.940. The minimum atomic E-state index is -1.59. The lowest BCUT2D eigenvalue weighted by molar-refractivity contribution is -0.157. The number of carbonyl (C=O) groups is 2. The Balaban J connectivity index is 1.48. The van der Waals surface area contributed by atoms with E-state index in [-0.39, 0.29) is 37.4 Å². The molecule has 0 aliphatic heterocycles. The number of unbranched alkanes of at least 4 members (excludes halogenated alkanes) is 2. The molecule has 2 aliphatic carbocycles. The Morgan fingerprint density at radius 2 is 1.03 bits per heavy atom. The highest BCUT2D eigenvalue weighted by molar-refractivity contribution is 7.45. The zero-order chi connectivity index (χ0) is 25.5. The van der Waals surface area contributed by atoms with Crippen molar-refractivity contribution in [2.45, 2.75) is 121 Å². The predicted octanol–water partition coefficient (Wildman–Crippen LogP) is 6.29. The van der Waals surface area contributed by atoms with Gasteiger partial charge in [-0.15, -0.1) is 0 Å². The van der Waals surface area contributed by atoms with Crippen LogP contribution in [0, 0.1) is 0 Å². The lowest BCUT2D eigenvalue weighted by Gasteiger charge is -2.21. The van der Waals surface area contributed by atoms with E-state index in [0.29, 0.717) is 12.3 Å². The van der Waals surface area contributed by atoms with Crippen LogP contribution in [-0.4, -0.2) is 61.4 Å². The summed E-state index contributed by atoms with van der Waals surface area (Å²) in [6.07, 6.45) is 13.7. The molecule has 0 heterocycles. The zero-order valence-electron chi connectivity index (χ0n) is 21.5. The Morgan fingerprint density at radius 1 is 0.657 bits per heavy atom. The highest BCUT2D eigenvalue weighted by Crippen LogP contribution is 2.33. The topological polar surface area (TPSA) is 105 Å². The molecule has 4 atom stereocenters. The molecule has 2 fully saturated rings. The quantitative estimate of drug-likeness (QED) is 0.129. The van der Waals surface area contributed by atoms with E-state index in [0.717, 1.165) is 70.6 Å². The summed E-state index contributed by atoms with van der Waals surface area (Å²) in [5, 5.41) is 0. The van der Waals surface area contributed by atoms with Crippen molar-refractivity contribution in [2.75, 3.05) is 25.5 Å². The van der Waals surface area contributed by atoms with E-state index >= 15 is 0 Å². The van der Waals surface area contributed by atoms with Crippen LogP contribution in [0.4, 0.5) is 0 Å². The van der Waals surface area contributed by atoms with Crippen LogP contribution in [0.2, 0.25) is 0 Å². The van der Waals surface area contributed by atoms with Crippen molar-refractivity contribution < 1.29 is 37.7 Å². The van der Waals surface area contributed by atoms with Gasteiger partial charge in [-0.2, -0.15) is 0 Å². The summed E-state index contributed by atoms with van der Waals surface area (Å²) < 4.78 is 46.6. The van der Waals surface area contributed by atoms with Crippen LogP contribution in [0.3, 0.4) is 0 Å². The largest absolute Gasteiger partial charge is 0.461 e. The number of rotatable bonds is 16. The summed E-state index contributed by atoms with van der Waals surface area (Å²) in [6.45, 7) is 3.13. The Labute approximate surface area is 212 Å². The van der Waals surface area contributed by atoms with Gasteiger partial charge in [0.05, 0.1) is 0 Å². The van der Waals surface area contributed by atoms with Crippen LogP contribution in [0.5, 0.6) is 0 Å². The number of ether oxygens (including phenoxy) is 4. The maximum absolute atomic E-state index is 12.4. The maximum Gasteiger partial charge on any atom is 0.369 e. The van der Waals surface area contributed by atoms with Crippen molar-refractivity contribution in [1.29, 1.82) is 0 Å². The molecule has 0 aromatic rings. The SMILES string of the molecule is CC(OCC(=O)OC1CCCCC1)[P+](=O)CCCCC[P+](=O)C(C)OCC(=O)OC1CCCCC1. The number of hydrogen-bond acceptors (Lipinski definition) is 8. The number of hydrogen-bond donors (Lipinski definition) is 0. The summed E-state index contributed by atoms with van der Waals surface area (Å²) in [7, 11) is -3.17. The first-order chi connectivity index (χ1) is 16.8. The molecule has 0 spiro atoms. The van der Waals surface area contributed by atoms with Gasteiger partial charge in [0.25, 0.3) is 11.7 Å². The van der Waals surface area contributed by atoms with Gasteiger partial charge in [0.15, 0.2) is 0 Å². The summed E-state index contributed by atoms with van der Waals surface area (Å²) in [4.78, 5) is 23.8. The molecular weight excluding hydrogens is 490 g/mol. The molecule has 2 saturated carbocycles. The summed E-state index contributed by atoms with van der Waals surface area (Å²) in [5.74, 6) is -1.76. The third kappa shape index (κ3) is 13.3. The smallest absolute Gasteiger partial charge is 0.369 e. The normalized spacial score (nSPS) is 20.1. The van der Waals surface area contributed by atoms with Crippen LogP contribution in [0.25, 0.3) is 0 Å². The minimum absolute atomic E-state index is 0.00101. The van der Waals surface area contributed by atoms with E-state index in [2.05, 4.69) is 0 Å². The molecule has 0 N–H and O–H groups in total. The third-order valence-electron chi connectivity index (χ3n) is 6.65. The van der Waals surface area contributed by atoms with Gasteiger partial charge < -0.3 is 18.9 Å². The molecule has 0 saturated heterocycles. The molecular formula is C25H44O8P2+2. The van der Waals surface area contributed by atoms with E-state index in [9.17, 15) is 18.7 Å². The van der Waals surface area contributed by atoms with Crippen molar-refractivity contribution >= 4 is 27.5 Å². The second-order valence-corrected chi connectivity index (χ2v) is 13.7. The first-order valence-electron chi connectivity index (χ1n) is 13.3. The fourth-order valence-electron chi connectivity index (χ4n) is 4.43. The molecule has 2 rings (SSSR count). The lowest BCUT2D eigenvalue weighted by Crippen LogP contribution is -2.24. The number of carbonyl (C=O) groups excluding carboxylic acids is 2.